The lowest BCUT2D eigenvalue weighted by Crippen LogP contribution is -2.17. The number of pyridine rings is 1. The largest absolute Gasteiger partial charge is 0.257 e. The van der Waals surface area contributed by atoms with Crippen LogP contribution in [0.2, 0.25) is 0 Å². The van der Waals surface area contributed by atoms with Crippen LogP contribution in [0.4, 0.5) is 5.69 Å². The third-order valence-corrected chi connectivity index (χ3v) is 5.54. The van der Waals surface area contributed by atoms with Crippen molar-refractivity contribution in [1.82, 2.24) is 4.98 Å². The number of hydrogen-bond acceptors (Lipinski definition) is 4. The topological polar surface area (TPSA) is 28.5 Å². The van der Waals surface area contributed by atoms with E-state index in [0.717, 1.165) is 27.3 Å². The van der Waals surface area contributed by atoms with Crippen LogP contribution in [0.3, 0.4) is 0 Å². The predicted octanol–water partition coefficient (Wildman–Crippen LogP) is 5.26. The number of halogens is 1. The van der Waals surface area contributed by atoms with Crippen LogP contribution in [0.5, 0.6) is 0 Å². The maximum Gasteiger partial charge on any atom is 0.0924 e. The number of rotatable bonds is 3. The van der Waals surface area contributed by atoms with Gasteiger partial charge in [-0.15, -0.1) is 11.3 Å². The lowest BCUT2D eigenvalue weighted by Gasteiger charge is -2.22. The molecule has 2 aromatic heterocycles. The van der Waals surface area contributed by atoms with Crippen molar-refractivity contribution in [3.8, 4) is 0 Å². The minimum absolute atomic E-state index is 0.214. The standard InChI is InChI=1S/C18H14BrN3S/c19-18-10-9-17(23-18)16-12-15(14-8-4-5-11-20-14)21-22(16)13-6-2-1-3-7-13/h1-11,16H,12H2/t16-/m1/s1. The predicted molar refractivity (Wildman–Crippen MR) is 99.1 cm³/mol. The second-order valence-electron chi connectivity index (χ2n) is 5.30. The van der Waals surface area contributed by atoms with Crippen molar-refractivity contribution in [3.05, 3.63) is 81.2 Å². The van der Waals surface area contributed by atoms with Crippen LogP contribution in [0.1, 0.15) is 23.0 Å². The minimum atomic E-state index is 0.214. The highest BCUT2D eigenvalue weighted by Gasteiger charge is 2.31. The second kappa shape index (κ2) is 6.26. The number of nitrogens with zero attached hydrogens (tertiary/aromatic N) is 3. The molecule has 1 aliphatic heterocycles. The Morgan fingerprint density at radius 3 is 2.52 bits per heavy atom. The Morgan fingerprint density at radius 1 is 1.00 bits per heavy atom. The van der Waals surface area contributed by atoms with Crippen LogP contribution in [-0.4, -0.2) is 10.7 Å². The summed E-state index contributed by atoms with van der Waals surface area (Å²) in [4.78, 5) is 5.76. The molecule has 0 N–H and O–H groups in total. The maximum absolute atomic E-state index is 4.87. The SMILES string of the molecule is Brc1ccc([C@H]2CC(c3ccccn3)=NN2c2ccccc2)s1. The van der Waals surface area contributed by atoms with E-state index in [1.807, 2.05) is 42.6 Å². The first kappa shape index (κ1) is 14.6. The molecular weight excluding hydrogens is 370 g/mol. The third kappa shape index (κ3) is 2.94. The van der Waals surface area contributed by atoms with E-state index in [0.29, 0.717) is 0 Å². The summed E-state index contributed by atoms with van der Waals surface area (Å²) >= 11 is 5.33. The van der Waals surface area contributed by atoms with Gasteiger partial charge in [-0.25, -0.2) is 0 Å². The maximum atomic E-state index is 4.87. The number of para-hydroxylation sites is 1. The molecule has 0 fully saturated rings. The van der Waals surface area contributed by atoms with Crippen LogP contribution >= 0.6 is 27.3 Å². The van der Waals surface area contributed by atoms with Gasteiger partial charge in [0.15, 0.2) is 0 Å². The lowest BCUT2D eigenvalue weighted by atomic mass is 10.1. The average molecular weight is 384 g/mol. The summed E-state index contributed by atoms with van der Waals surface area (Å²) in [6, 6.07) is 20.8. The summed E-state index contributed by atoms with van der Waals surface area (Å²) in [5.74, 6) is 0. The summed E-state index contributed by atoms with van der Waals surface area (Å²) in [6.45, 7) is 0. The molecule has 0 radical (unpaired) electrons. The first-order chi connectivity index (χ1) is 11.3. The second-order valence-corrected chi connectivity index (χ2v) is 7.80. The monoisotopic (exact) mass is 383 g/mol. The number of aromatic nitrogens is 1. The minimum Gasteiger partial charge on any atom is -0.257 e. The van der Waals surface area contributed by atoms with E-state index < -0.39 is 0 Å². The zero-order valence-corrected chi connectivity index (χ0v) is 14.7. The molecule has 0 saturated carbocycles. The van der Waals surface area contributed by atoms with Gasteiger partial charge in [0.25, 0.3) is 0 Å². The van der Waals surface area contributed by atoms with Gasteiger partial charge in [-0.2, -0.15) is 5.10 Å². The van der Waals surface area contributed by atoms with Crippen LogP contribution in [0, 0.1) is 0 Å². The van der Waals surface area contributed by atoms with Gasteiger partial charge in [-0.1, -0.05) is 24.3 Å². The van der Waals surface area contributed by atoms with Gasteiger partial charge in [0, 0.05) is 17.5 Å². The van der Waals surface area contributed by atoms with Crippen molar-refractivity contribution in [2.75, 3.05) is 5.01 Å². The summed E-state index contributed by atoms with van der Waals surface area (Å²) in [5.41, 5.74) is 3.09. The Balaban J connectivity index is 1.75. The Morgan fingerprint density at radius 2 is 1.83 bits per heavy atom. The Kier molecular flexibility index (Phi) is 3.97. The van der Waals surface area contributed by atoms with Crippen molar-refractivity contribution >= 4 is 38.7 Å². The third-order valence-electron chi connectivity index (χ3n) is 3.81. The van der Waals surface area contributed by atoms with Crippen LogP contribution in [-0.2, 0) is 0 Å². The molecule has 0 spiro atoms. The number of anilines is 1. The zero-order valence-electron chi connectivity index (χ0n) is 12.3. The Labute approximate surface area is 147 Å². The van der Waals surface area contributed by atoms with Crippen LogP contribution < -0.4 is 5.01 Å². The lowest BCUT2D eigenvalue weighted by molar-refractivity contribution is 0.722. The number of benzene rings is 1. The van der Waals surface area contributed by atoms with E-state index >= 15 is 0 Å². The molecule has 0 bridgehead atoms. The Hall–Kier alpha value is -1.98. The van der Waals surface area contributed by atoms with Crippen LogP contribution in [0.15, 0.2) is 75.7 Å². The summed E-state index contributed by atoms with van der Waals surface area (Å²) in [7, 11) is 0. The first-order valence-corrected chi connectivity index (χ1v) is 9.00. The van der Waals surface area contributed by atoms with Gasteiger partial charge in [0.1, 0.15) is 0 Å². The van der Waals surface area contributed by atoms with E-state index in [-0.39, 0.29) is 6.04 Å². The molecule has 1 aliphatic rings. The van der Waals surface area contributed by atoms with Crippen molar-refractivity contribution in [2.24, 2.45) is 5.10 Å². The average Bonchev–Trinajstić information content (AvgIpc) is 3.23. The van der Waals surface area contributed by atoms with Gasteiger partial charge in [0.2, 0.25) is 0 Å². The fourth-order valence-electron chi connectivity index (χ4n) is 2.75. The Bertz CT molecular complexity index is 830. The van der Waals surface area contributed by atoms with Gasteiger partial charge in [-0.05, 0) is 52.3 Å². The van der Waals surface area contributed by atoms with Crippen molar-refractivity contribution < 1.29 is 0 Å². The van der Waals surface area contributed by atoms with Gasteiger partial charge in [-0.3, -0.25) is 9.99 Å². The molecule has 3 nitrogen and oxygen atoms in total. The smallest absolute Gasteiger partial charge is 0.0924 e. The summed E-state index contributed by atoms with van der Waals surface area (Å²) in [5, 5.41) is 6.99. The zero-order chi connectivity index (χ0) is 15.6. The molecule has 1 aromatic carbocycles. The van der Waals surface area contributed by atoms with Crippen LogP contribution in [0.25, 0.3) is 0 Å². The quantitative estimate of drug-likeness (QED) is 0.616. The number of hydrazone groups is 1. The number of thiophene rings is 1. The van der Waals surface area contributed by atoms with Crippen molar-refractivity contribution in [2.45, 2.75) is 12.5 Å². The molecule has 3 heterocycles. The fourth-order valence-corrected chi connectivity index (χ4v) is 4.26. The molecule has 0 unspecified atom stereocenters. The molecule has 4 rings (SSSR count). The normalized spacial score (nSPS) is 17.3. The molecule has 5 heteroatoms. The van der Waals surface area contributed by atoms with Gasteiger partial charge in [0.05, 0.1) is 26.9 Å². The molecule has 0 aliphatic carbocycles. The highest BCUT2D eigenvalue weighted by atomic mass is 79.9. The van der Waals surface area contributed by atoms with Crippen molar-refractivity contribution in [1.29, 1.82) is 0 Å². The van der Waals surface area contributed by atoms with E-state index in [1.54, 1.807) is 11.3 Å². The molecule has 0 amide bonds. The molecule has 23 heavy (non-hydrogen) atoms. The highest BCUT2D eigenvalue weighted by molar-refractivity contribution is 9.11. The fraction of sp³-hybridized carbons (Fsp3) is 0.111. The molecule has 3 aromatic rings. The first-order valence-electron chi connectivity index (χ1n) is 7.39. The molecule has 0 saturated heterocycles. The van der Waals surface area contributed by atoms with E-state index in [1.165, 1.54) is 4.88 Å². The molecule has 1 atom stereocenters. The summed E-state index contributed by atoms with van der Waals surface area (Å²) in [6.07, 6.45) is 2.68. The number of hydrogen-bond donors (Lipinski definition) is 0. The van der Waals surface area contributed by atoms with E-state index in [9.17, 15) is 0 Å². The van der Waals surface area contributed by atoms with Gasteiger partial charge >= 0.3 is 0 Å². The van der Waals surface area contributed by atoms with E-state index in [4.69, 9.17) is 5.10 Å². The van der Waals surface area contributed by atoms with Gasteiger partial charge < -0.3 is 0 Å². The molecular formula is C18H14BrN3S. The molecule has 114 valence electrons. The summed E-state index contributed by atoms with van der Waals surface area (Å²) < 4.78 is 1.15. The van der Waals surface area contributed by atoms with E-state index in [2.05, 4.69) is 50.2 Å². The highest BCUT2D eigenvalue weighted by Crippen LogP contribution is 2.40. The van der Waals surface area contributed by atoms with Crippen molar-refractivity contribution in [3.63, 3.8) is 0 Å².